The van der Waals surface area contributed by atoms with E-state index in [0.29, 0.717) is 35.5 Å². The van der Waals surface area contributed by atoms with Gasteiger partial charge in [0.2, 0.25) is 0 Å². The smallest absolute Gasteiger partial charge is 0.326 e. The Hall–Kier alpha value is -4.68. The zero-order valence-electron chi connectivity index (χ0n) is 17.5. The number of carbonyl (C=O) groups is 4. The van der Waals surface area contributed by atoms with Gasteiger partial charge in [-0.3, -0.25) is 44.3 Å². The lowest BCUT2D eigenvalue weighted by molar-refractivity contribution is -0.385. The van der Waals surface area contributed by atoms with Crippen LogP contribution in [0, 0.1) is 20.2 Å². The lowest BCUT2D eigenvalue weighted by atomic mass is 10.0. The van der Waals surface area contributed by atoms with Crippen LogP contribution in [-0.4, -0.2) is 58.1 Å². The van der Waals surface area contributed by atoms with Crippen molar-refractivity contribution in [1.82, 2.24) is 4.90 Å². The van der Waals surface area contributed by atoms with Gasteiger partial charge in [-0.2, -0.15) is 0 Å². The van der Waals surface area contributed by atoms with E-state index in [4.69, 9.17) is 4.74 Å². The normalized spacial score (nSPS) is 14.5. The predicted molar refractivity (Wildman–Crippen MR) is 113 cm³/mol. The monoisotopic (exact) mass is 468 g/mol. The van der Waals surface area contributed by atoms with Crippen molar-refractivity contribution < 1.29 is 33.8 Å². The van der Waals surface area contributed by atoms with Gasteiger partial charge in [-0.05, 0) is 30.5 Å². The Morgan fingerprint density at radius 1 is 1.03 bits per heavy atom. The Balaban J connectivity index is 1.41. The number of nitro groups is 2. The molecule has 2 aromatic rings. The van der Waals surface area contributed by atoms with Crippen LogP contribution in [-0.2, 0) is 20.7 Å². The van der Waals surface area contributed by atoms with Crippen LogP contribution in [0.15, 0.2) is 36.4 Å². The van der Waals surface area contributed by atoms with E-state index in [1.165, 1.54) is 35.2 Å². The third-order valence-electron chi connectivity index (χ3n) is 5.51. The number of benzene rings is 2. The Morgan fingerprint density at radius 3 is 2.50 bits per heavy atom. The average molecular weight is 468 g/mol. The first-order chi connectivity index (χ1) is 16.2. The molecule has 0 spiro atoms. The van der Waals surface area contributed by atoms with Crippen molar-refractivity contribution in [2.24, 2.45) is 0 Å². The first-order valence-corrected chi connectivity index (χ1v) is 10.1. The maximum atomic E-state index is 12.6. The molecule has 0 aromatic heterocycles. The molecule has 2 aliphatic rings. The quantitative estimate of drug-likeness (QED) is 0.264. The van der Waals surface area contributed by atoms with Crippen molar-refractivity contribution in [3.8, 4) is 0 Å². The minimum atomic E-state index is -1.05. The molecule has 0 radical (unpaired) electrons. The highest BCUT2D eigenvalue weighted by atomic mass is 16.6. The minimum absolute atomic E-state index is 0.0966. The molecule has 0 N–H and O–H groups in total. The molecule has 4 rings (SSSR count). The van der Waals surface area contributed by atoms with E-state index >= 15 is 0 Å². The number of nitrogens with zero attached hydrogens (tertiary/aromatic N) is 4. The van der Waals surface area contributed by atoms with Crippen LogP contribution in [0.3, 0.4) is 0 Å². The number of hydrogen-bond donors (Lipinski definition) is 0. The van der Waals surface area contributed by atoms with Crippen LogP contribution in [0.2, 0.25) is 0 Å². The molecule has 0 atom stereocenters. The molecule has 174 valence electrons. The van der Waals surface area contributed by atoms with Gasteiger partial charge in [-0.25, -0.2) is 0 Å². The fraction of sp³-hybridized carbons (Fsp3) is 0.238. The summed E-state index contributed by atoms with van der Waals surface area (Å²) in [6.45, 7) is -1.18. The molecule has 0 fully saturated rings. The number of rotatable bonds is 6. The summed E-state index contributed by atoms with van der Waals surface area (Å²) in [5.41, 5.74) is -0.146. The van der Waals surface area contributed by atoms with Gasteiger partial charge in [0, 0.05) is 30.4 Å². The van der Waals surface area contributed by atoms with Gasteiger partial charge in [0.05, 0.1) is 15.4 Å². The molecular weight excluding hydrogens is 452 g/mol. The van der Waals surface area contributed by atoms with Crippen LogP contribution < -0.4 is 4.90 Å². The van der Waals surface area contributed by atoms with E-state index in [0.717, 1.165) is 6.07 Å². The highest BCUT2D eigenvalue weighted by Crippen LogP contribution is 2.32. The first kappa shape index (κ1) is 22.5. The molecule has 0 bridgehead atoms. The molecule has 13 nitrogen and oxygen atoms in total. The molecule has 0 saturated carbocycles. The summed E-state index contributed by atoms with van der Waals surface area (Å²) in [4.78, 5) is 72.6. The Morgan fingerprint density at radius 2 is 1.79 bits per heavy atom. The number of anilines is 1. The molecule has 13 heteroatoms. The van der Waals surface area contributed by atoms with Gasteiger partial charge >= 0.3 is 5.97 Å². The van der Waals surface area contributed by atoms with Crippen LogP contribution in [0.1, 0.15) is 32.7 Å². The van der Waals surface area contributed by atoms with E-state index in [-0.39, 0.29) is 11.3 Å². The lowest BCUT2D eigenvalue weighted by Gasteiger charge is -2.29. The van der Waals surface area contributed by atoms with Gasteiger partial charge in [0.25, 0.3) is 29.1 Å². The molecule has 2 aliphatic heterocycles. The Kier molecular flexibility index (Phi) is 5.75. The first-order valence-electron chi connectivity index (χ1n) is 10.1. The number of carbonyl (C=O) groups excluding carboxylic acids is 4. The maximum absolute atomic E-state index is 12.6. The van der Waals surface area contributed by atoms with Crippen molar-refractivity contribution in [2.75, 3.05) is 24.6 Å². The summed E-state index contributed by atoms with van der Waals surface area (Å²) in [5, 5.41) is 22.1. The SMILES string of the molecule is O=C(CN1C(=O)c2cccc([N+](=O)[O-])c2C1=O)OCC(=O)N1CCCc2cc([N+](=O)[O-])ccc21. The van der Waals surface area contributed by atoms with Gasteiger partial charge in [-0.15, -0.1) is 0 Å². The molecule has 0 unspecified atom stereocenters. The van der Waals surface area contributed by atoms with Crippen LogP contribution in [0.25, 0.3) is 0 Å². The van der Waals surface area contributed by atoms with Gasteiger partial charge in [0.15, 0.2) is 6.61 Å². The lowest BCUT2D eigenvalue weighted by Crippen LogP contribution is -2.40. The van der Waals surface area contributed by atoms with Crippen molar-refractivity contribution in [3.63, 3.8) is 0 Å². The predicted octanol–water partition coefficient (Wildman–Crippen LogP) is 1.62. The number of esters is 1. The van der Waals surface area contributed by atoms with E-state index in [9.17, 15) is 39.4 Å². The Labute approximate surface area is 190 Å². The number of fused-ring (bicyclic) bond motifs is 2. The van der Waals surface area contributed by atoms with E-state index in [2.05, 4.69) is 0 Å². The molecule has 2 aromatic carbocycles. The third-order valence-corrected chi connectivity index (χ3v) is 5.51. The number of ether oxygens (including phenoxy) is 1. The summed E-state index contributed by atoms with van der Waals surface area (Å²) in [6.07, 6.45) is 1.11. The fourth-order valence-electron chi connectivity index (χ4n) is 3.96. The van der Waals surface area contributed by atoms with Crippen LogP contribution >= 0.6 is 0 Å². The topological polar surface area (TPSA) is 170 Å². The summed E-state index contributed by atoms with van der Waals surface area (Å²) in [5.74, 6) is -3.51. The second-order valence-electron chi connectivity index (χ2n) is 7.53. The van der Waals surface area contributed by atoms with Crippen LogP contribution in [0.4, 0.5) is 17.1 Å². The maximum Gasteiger partial charge on any atom is 0.326 e. The molecule has 0 aliphatic carbocycles. The number of imide groups is 1. The Bertz CT molecular complexity index is 1270. The number of nitro benzene ring substituents is 2. The number of amides is 3. The fourth-order valence-corrected chi connectivity index (χ4v) is 3.96. The average Bonchev–Trinajstić information content (AvgIpc) is 3.06. The third kappa shape index (κ3) is 3.94. The molecule has 0 saturated heterocycles. The zero-order valence-corrected chi connectivity index (χ0v) is 17.5. The second kappa shape index (κ2) is 8.69. The summed E-state index contributed by atoms with van der Waals surface area (Å²) in [6, 6.07) is 7.71. The summed E-state index contributed by atoms with van der Waals surface area (Å²) < 4.78 is 4.95. The largest absolute Gasteiger partial charge is 0.454 e. The van der Waals surface area contributed by atoms with Gasteiger partial charge in [0.1, 0.15) is 12.1 Å². The van der Waals surface area contributed by atoms with Crippen molar-refractivity contribution >= 4 is 40.8 Å². The summed E-state index contributed by atoms with van der Waals surface area (Å²) in [7, 11) is 0. The zero-order chi connectivity index (χ0) is 24.6. The molecule has 34 heavy (non-hydrogen) atoms. The standard InChI is InChI=1S/C21H16N4O9/c26-17(22-8-2-3-12-9-13(24(30)31)6-7-15(12)22)11-34-18(27)10-23-20(28)14-4-1-5-16(25(32)33)19(14)21(23)29/h1,4-7,9H,2-3,8,10-11H2. The van der Waals surface area contributed by atoms with E-state index < -0.39 is 57.9 Å². The van der Waals surface area contributed by atoms with Crippen LogP contribution in [0.5, 0.6) is 0 Å². The highest BCUT2D eigenvalue weighted by Gasteiger charge is 2.42. The van der Waals surface area contributed by atoms with Gasteiger partial charge < -0.3 is 9.64 Å². The molecular formula is C21H16N4O9. The number of aryl methyl sites for hydroxylation is 1. The molecule has 3 amide bonds. The van der Waals surface area contributed by atoms with Crippen molar-refractivity contribution in [2.45, 2.75) is 12.8 Å². The number of non-ortho nitro benzene ring substituents is 1. The van der Waals surface area contributed by atoms with Gasteiger partial charge in [-0.1, -0.05) is 6.07 Å². The minimum Gasteiger partial charge on any atom is -0.454 e. The second-order valence-corrected chi connectivity index (χ2v) is 7.53. The molecule has 2 heterocycles. The van der Waals surface area contributed by atoms with Crippen molar-refractivity contribution in [3.05, 3.63) is 73.3 Å². The number of hydrogen-bond acceptors (Lipinski definition) is 9. The van der Waals surface area contributed by atoms with Crippen molar-refractivity contribution in [1.29, 1.82) is 0 Å². The van der Waals surface area contributed by atoms with E-state index in [1.54, 1.807) is 0 Å². The summed E-state index contributed by atoms with van der Waals surface area (Å²) >= 11 is 0. The highest BCUT2D eigenvalue weighted by molar-refractivity contribution is 6.24. The van der Waals surface area contributed by atoms with E-state index in [1.807, 2.05) is 0 Å².